The van der Waals surface area contributed by atoms with Crippen molar-refractivity contribution in [2.45, 2.75) is 31.6 Å². The SMILES string of the molecule is CCOC(=O)c1sc(=NC(=O)C2CCCN(S(=O)(=O)c3ccc(Cl)cc3)C2)n(C)c1C. The molecule has 0 aliphatic carbocycles. The second-order valence-corrected chi connectivity index (χ2v) is 10.5. The highest BCUT2D eigenvalue weighted by Gasteiger charge is 2.33. The predicted molar refractivity (Wildman–Crippen MR) is 117 cm³/mol. The van der Waals surface area contributed by atoms with Gasteiger partial charge in [-0.1, -0.05) is 22.9 Å². The lowest BCUT2D eigenvalue weighted by Gasteiger charge is -2.30. The number of esters is 1. The first kappa shape index (κ1) is 23.6. The highest BCUT2D eigenvalue weighted by atomic mass is 35.5. The average molecular weight is 486 g/mol. The Kier molecular flexibility index (Phi) is 7.35. The zero-order valence-electron chi connectivity index (χ0n) is 17.5. The molecule has 2 aromatic rings. The van der Waals surface area contributed by atoms with Crippen molar-refractivity contribution in [1.82, 2.24) is 8.87 Å². The van der Waals surface area contributed by atoms with Crippen LogP contribution < -0.4 is 4.80 Å². The van der Waals surface area contributed by atoms with Crippen molar-refractivity contribution in [3.8, 4) is 0 Å². The monoisotopic (exact) mass is 485 g/mol. The number of nitrogens with zero attached hydrogens (tertiary/aromatic N) is 3. The molecule has 8 nitrogen and oxygen atoms in total. The van der Waals surface area contributed by atoms with E-state index >= 15 is 0 Å². The van der Waals surface area contributed by atoms with Crippen LogP contribution in [-0.4, -0.2) is 48.9 Å². The van der Waals surface area contributed by atoms with Crippen LogP contribution in [0.15, 0.2) is 34.2 Å². The Bertz CT molecular complexity index is 1150. The number of piperidine rings is 1. The number of hydrogen-bond donors (Lipinski definition) is 0. The number of benzene rings is 1. The lowest BCUT2D eigenvalue weighted by Crippen LogP contribution is -2.42. The minimum atomic E-state index is -3.73. The standard InChI is InChI=1S/C20H24ClN3O5S2/c1-4-29-19(26)17-13(2)23(3)20(30-17)22-18(25)14-6-5-11-24(12-14)31(27,28)16-9-7-15(21)8-10-16/h7-10,14H,4-6,11-12H2,1-3H3. The maximum Gasteiger partial charge on any atom is 0.350 e. The molecule has 3 rings (SSSR count). The third kappa shape index (κ3) is 5.08. The number of carbonyl (C=O) groups excluding carboxylic acids is 2. The minimum absolute atomic E-state index is 0.0616. The molecule has 0 saturated carbocycles. The summed E-state index contributed by atoms with van der Waals surface area (Å²) in [4.78, 5) is 30.1. The van der Waals surface area contributed by atoms with Crippen molar-refractivity contribution in [1.29, 1.82) is 0 Å². The molecule has 1 amide bonds. The molecule has 1 aromatic heterocycles. The van der Waals surface area contributed by atoms with Gasteiger partial charge in [0, 0.05) is 30.9 Å². The minimum Gasteiger partial charge on any atom is -0.462 e. The van der Waals surface area contributed by atoms with Gasteiger partial charge in [-0.2, -0.15) is 9.30 Å². The largest absolute Gasteiger partial charge is 0.462 e. The number of halogens is 1. The van der Waals surface area contributed by atoms with E-state index in [2.05, 4.69) is 4.99 Å². The molecule has 31 heavy (non-hydrogen) atoms. The molecule has 0 N–H and O–H groups in total. The summed E-state index contributed by atoms with van der Waals surface area (Å²) < 4.78 is 33.9. The second kappa shape index (κ2) is 9.64. The zero-order valence-corrected chi connectivity index (χ0v) is 19.9. The molecule has 1 aromatic carbocycles. The van der Waals surface area contributed by atoms with Gasteiger partial charge < -0.3 is 9.30 Å². The molecule has 1 atom stereocenters. The summed E-state index contributed by atoms with van der Waals surface area (Å²) in [5.74, 6) is -1.40. The molecule has 168 valence electrons. The Labute approximate surface area is 190 Å². The summed E-state index contributed by atoms with van der Waals surface area (Å²) in [7, 11) is -2.01. The molecule has 2 heterocycles. The molecule has 0 bridgehead atoms. The molecule has 1 aliphatic heterocycles. The third-order valence-electron chi connectivity index (χ3n) is 5.16. The van der Waals surface area contributed by atoms with Gasteiger partial charge in [-0.3, -0.25) is 4.79 Å². The summed E-state index contributed by atoms with van der Waals surface area (Å²) in [5.41, 5.74) is 0.658. The maximum absolute atomic E-state index is 13.0. The Hall–Kier alpha value is -2.01. The van der Waals surface area contributed by atoms with Crippen molar-refractivity contribution in [3.63, 3.8) is 0 Å². The number of aromatic nitrogens is 1. The molecular weight excluding hydrogens is 462 g/mol. The van der Waals surface area contributed by atoms with Crippen molar-refractivity contribution in [2.75, 3.05) is 19.7 Å². The highest BCUT2D eigenvalue weighted by molar-refractivity contribution is 7.89. The third-order valence-corrected chi connectivity index (χ3v) is 8.51. The van der Waals surface area contributed by atoms with Gasteiger partial charge >= 0.3 is 5.97 Å². The van der Waals surface area contributed by atoms with E-state index in [0.717, 1.165) is 11.3 Å². The second-order valence-electron chi connectivity index (χ2n) is 7.18. The van der Waals surface area contributed by atoms with Gasteiger partial charge in [0.15, 0.2) is 4.80 Å². The predicted octanol–water partition coefficient (Wildman–Crippen LogP) is 2.75. The van der Waals surface area contributed by atoms with E-state index in [1.165, 1.54) is 28.6 Å². The normalized spacial score (nSPS) is 18.2. The topological polar surface area (TPSA) is 98.0 Å². The summed E-state index contributed by atoms with van der Waals surface area (Å²) in [6.07, 6.45) is 1.11. The van der Waals surface area contributed by atoms with Crippen LogP contribution in [-0.2, 0) is 26.6 Å². The lowest BCUT2D eigenvalue weighted by atomic mass is 9.99. The van der Waals surface area contributed by atoms with Crippen molar-refractivity contribution in [2.24, 2.45) is 18.0 Å². The molecule has 1 unspecified atom stereocenters. The van der Waals surface area contributed by atoms with E-state index in [9.17, 15) is 18.0 Å². The van der Waals surface area contributed by atoms with Crippen LogP contribution in [0.1, 0.15) is 35.1 Å². The number of rotatable bonds is 5. The van der Waals surface area contributed by atoms with Crippen LogP contribution in [0.4, 0.5) is 0 Å². The molecule has 1 fully saturated rings. The van der Waals surface area contributed by atoms with Crippen LogP contribution in [0.2, 0.25) is 5.02 Å². The van der Waals surface area contributed by atoms with Crippen LogP contribution in [0.5, 0.6) is 0 Å². The van der Waals surface area contributed by atoms with E-state index in [0.29, 0.717) is 39.8 Å². The Morgan fingerprint density at radius 3 is 2.61 bits per heavy atom. The van der Waals surface area contributed by atoms with Gasteiger partial charge in [0.25, 0.3) is 5.91 Å². The highest BCUT2D eigenvalue weighted by Crippen LogP contribution is 2.25. The van der Waals surface area contributed by atoms with Gasteiger partial charge in [-0.15, -0.1) is 0 Å². The van der Waals surface area contributed by atoms with E-state index < -0.39 is 27.8 Å². The number of thiazole rings is 1. The van der Waals surface area contributed by atoms with Crippen LogP contribution in [0, 0.1) is 12.8 Å². The van der Waals surface area contributed by atoms with Gasteiger partial charge in [-0.05, 0) is 51.0 Å². The number of amides is 1. The molecule has 11 heteroatoms. The number of hydrogen-bond acceptors (Lipinski definition) is 6. The van der Waals surface area contributed by atoms with E-state index in [4.69, 9.17) is 16.3 Å². The lowest BCUT2D eigenvalue weighted by molar-refractivity contribution is -0.122. The fourth-order valence-electron chi connectivity index (χ4n) is 3.32. The fraction of sp³-hybridized carbons (Fsp3) is 0.450. The van der Waals surface area contributed by atoms with Crippen LogP contribution in [0.25, 0.3) is 0 Å². The first-order valence-corrected chi connectivity index (χ1v) is 12.5. The van der Waals surface area contributed by atoms with Crippen molar-refractivity contribution >= 4 is 44.8 Å². The summed E-state index contributed by atoms with van der Waals surface area (Å²) >= 11 is 6.94. The van der Waals surface area contributed by atoms with Gasteiger partial charge in [0.2, 0.25) is 10.0 Å². The smallest absolute Gasteiger partial charge is 0.350 e. The Morgan fingerprint density at radius 1 is 1.29 bits per heavy atom. The Morgan fingerprint density at radius 2 is 1.97 bits per heavy atom. The van der Waals surface area contributed by atoms with E-state index in [1.807, 2.05) is 0 Å². The zero-order chi connectivity index (χ0) is 22.8. The van der Waals surface area contributed by atoms with Gasteiger partial charge in [0.05, 0.1) is 17.4 Å². The molecule has 0 spiro atoms. The van der Waals surface area contributed by atoms with E-state index in [1.54, 1.807) is 25.5 Å². The summed E-state index contributed by atoms with van der Waals surface area (Å²) in [6.45, 7) is 4.14. The first-order chi connectivity index (χ1) is 14.6. The molecule has 1 saturated heterocycles. The quantitative estimate of drug-likeness (QED) is 0.606. The molecular formula is C20H24ClN3O5S2. The Balaban J connectivity index is 1.82. The van der Waals surface area contributed by atoms with Crippen molar-refractivity contribution < 1.29 is 22.7 Å². The van der Waals surface area contributed by atoms with E-state index in [-0.39, 0.29) is 18.0 Å². The van der Waals surface area contributed by atoms with Crippen LogP contribution in [0.3, 0.4) is 0 Å². The average Bonchev–Trinajstić information content (AvgIpc) is 3.03. The molecule has 1 aliphatic rings. The number of sulfonamides is 1. The first-order valence-electron chi connectivity index (χ1n) is 9.83. The summed E-state index contributed by atoms with van der Waals surface area (Å²) in [6, 6.07) is 5.96. The molecule has 0 radical (unpaired) electrons. The summed E-state index contributed by atoms with van der Waals surface area (Å²) in [5, 5.41) is 0.450. The van der Waals surface area contributed by atoms with Crippen molar-refractivity contribution in [3.05, 3.63) is 44.7 Å². The maximum atomic E-state index is 13.0. The number of carbonyl (C=O) groups is 2. The van der Waals surface area contributed by atoms with Gasteiger partial charge in [-0.25, -0.2) is 13.2 Å². The number of ether oxygens (including phenoxy) is 1. The van der Waals surface area contributed by atoms with Gasteiger partial charge in [0.1, 0.15) is 4.88 Å². The van der Waals surface area contributed by atoms with Crippen LogP contribution >= 0.6 is 22.9 Å². The fourth-order valence-corrected chi connectivity index (χ4v) is 5.99.